The van der Waals surface area contributed by atoms with E-state index >= 15 is 0 Å². The molecule has 0 saturated heterocycles. The van der Waals surface area contributed by atoms with Gasteiger partial charge in [0.15, 0.2) is 0 Å². The van der Waals surface area contributed by atoms with Crippen molar-refractivity contribution < 1.29 is 9.90 Å². The molecule has 76 valence electrons. The van der Waals surface area contributed by atoms with E-state index in [-0.39, 0.29) is 0 Å². The summed E-state index contributed by atoms with van der Waals surface area (Å²) in [6.45, 7) is 1.85. The third-order valence-corrected chi connectivity index (χ3v) is 3.38. The van der Waals surface area contributed by atoms with Crippen LogP contribution in [-0.2, 0) is 4.79 Å². The van der Waals surface area contributed by atoms with Crippen molar-refractivity contribution in [1.82, 2.24) is 4.98 Å². The SMILES string of the molecule is CCC(Sc1ccc(Br)cn1)C(=O)O. The number of carboxylic acid groups (broad SMARTS) is 1. The molecule has 0 aliphatic rings. The first kappa shape index (κ1) is 11.5. The van der Waals surface area contributed by atoms with Gasteiger partial charge in [-0.3, -0.25) is 4.79 Å². The van der Waals surface area contributed by atoms with Crippen molar-refractivity contribution in [2.24, 2.45) is 0 Å². The predicted molar refractivity (Wildman–Crippen MR) is 59.5 cm³/mol. The molecule has 1 aromatic heterocycles. The number of rotatable bonds is 4. The van der Waals surface area contributed by atoms with Gasteiger partial charge in [-0.1, -0.05) is 18.7 Å². The number of nitrogens with zero attached hydrogens (tertiary/aromatic N) is 1. The highest BCUT2D eigenvalue weighted by molar-refractivity contribution is 9.10. The Morgan fingerprint density at radius 3 is 2.86 bits per heavy atom. The van der Waals surface area contributed by atoms with E-state index in [1.54, 1.807) is 12.3 Å². The van der Waals surface area contributed by atoms with E-state index in [2.05, 4.69) is 20.9 Å². The van der Waals surface area contributed by atoms with Crippen LogP contribution >= 0.6 is 27.7 Å². The van der Waals surface area contributed by atoms with E-state index in [1.807, 2.05) is 13.0 Å². The predicted octanol–water partition coefficient (Wildman–Crippen LogP) is 2.80. The molecule has 0 radical (unpaired) electrons. The maximum atomic E-state index is 10.7. The second-order valence-electron chi connectivity index (χ2n) is 2.67. The molecule has 1 unspecified atom stereocenters. The fourth-order valence-corrected chi connectivity index (χ4v) is 1.94. The highest BCUT2D eigenvalue weighted by atomic mass is 79.9. The van der Waals surface area contributed by atoms with Gasteiger partial charge in [0.1, 0.15) is 5.25 Å². The molecule has 3 nitrogen and oxygen atoms in total. The molecule has 0 aliphatic carbocycles. The molecule has 0 fully saturated rings. The normalized spacial score (nSPS) is 12.4. The summed E-state index contributed by atoms with van der Waals surface area (Å²) in [5, 5.41) is 9.16. The molecule has 0 amide bonds. The van der Waals surface area contributed by atoms with Gasteiger partial charge in [-0.25, -0.2) is 4.98 Å². The standard InChI is InChI=1S/C9H10BrNO2S/c1-2-7(9(12)13)14-8-4-3-6(10)5-11-8/h3-5,7H,2H2,1H3,(H,12,13). The number of aromatic nitrogens is 1. The summed E-state index contributed by atoms with van der Waals surface area (Å²) in [5.41, 5.74) is 0. The minimum Gasteiger partial charge on any atom is -0.480 e. The number of thioether (sulfide) groups is 1. The number of carboxylic acids is 1. The highest BCUT2D eigenvalue weighted by Gasteiger charge is 2.16. The second kappa shape index (κ2) is 5.36. The fraction of sp³-hybridized carbons (Fsp3) is 0.333. The minimum absolute atomic E-state index is 0.413. The fourth-order valence-electron chi connectivity index (χ4n) is 0.886. The smallest absolute Gasteiger partial charge is 0.317 e. The molecule has 1 rings (SSSR count). The molecule has 14 heavy (non-hydrogen) atoms. The zero-order chi connectivity index (χ0) is 10.6. The van der Waals surface area contributed by atoms with Crippen molar-refractivity contribution in [3.05, 3.63) is 22.8 Å². The third kappa shape index (κ3) is 3.31. The van der Waals surface area contributed by atoms with Crippen LogP contribution in [-0.4, -0.2) is 21.3 Å². The van der Waals surface area contributed by atoms with Gasteiger partial charge in [0, 0.05) is 10.7 Å². The van der Waals surface area contributed by atoms with E-state index in [0.717, 1.165) is 9.50 Å². The van der Waals surface area contributed by atoms with Crippen LogP contribution in [0.1, 0.15) is 13.3 Å². The lowest BCUT2D eigenvalue weighted by Crippen LogP contribution is -2.14. The molecule has 0 aromatic carbocycles. The molecule has 1 heterocycles. The van der Waals surface area contributed by atoms with Crippen molar-refractivity contribution in [1.29, 1.82) is 0 Å². The average molecular weight is 276 g/mol. The molecule has 0 spiro atoms. The first-order valence-corrected chi connectivity index (χ1v) is 5.81. The lowest BCUT2D eigenvalue weighted by Gasteiger charge is -2.07. The van der Waals surface area contributed by atoms with Crippen LogP contribution in [0.2, 0.25) is 0 Å². The van der Waals surface area contributed by atoms with E-state index in [4.69, 9.17) is 5.11 Å². The van der Waals surface area contributed by atoms with Crippen molar-refractivity contribution in [3.63, 3.8) is 0 Å². The topological polar surface area (TPSA) is 50.2 Å². The summed E-state index contributed by atoms with van der Waals surface area (Å²) in [6.07, 6.45) is 2.26. The van der Waals surface area contributed by atoms with Crippen molar-refractivity contribution >= 4 is 33.7 Å². The number of aliphatic carboxylic acids is 1. The van der Waals surface area contributed by atoms with Crippen LogP contribution in [0.15, 0.2) is 27.8 Å². The Labute approximate surface area is 95.1 Å². The van der Waals surface area contributed by atoms with Crippen LogP contribution in [0.4, 0.5) is 0 Å². The van der Waals surface area contributed by atoms with Crippen LogP contribution in [0.25, 0.3) is 0 Å². The van der Waals surface area contributed by atoms with Gasteiger partial charge in [-0.15, -0.1) is 0 Å². The zero-order valence-corrected chi connectivity index (χ0v) is 10.0. The Balaban J connectivity index is 2.67. The summed E-state index contributed by atoms with van der Waals surface area (Å²) >= 11 is 4.54. The molecular formula is C9H10BrNO2S. The number of pyridine rings is 1. The molecule has 0 aliphatic heterocycles. The summed E-state index contributed by atoms with van der Waals surface area (Å²) in [7, 11) is 0. The Morgan fingerprint density at radius 2 is 2.43 bits per heavy atom. The van der Waals surface area contributed by atoms with Crippen LogP contribution in [0, 0.1) is 0 Å². The Kier molecular flexibility index (Phi) is 4.41. The Hall–Kier alpha value is -0.550. The first-order valence-electron chi connectivity index (χ1n) is 4.14. The van der Waals surface area contributed by atoms with Gasteiger partial charge in [0.2, 0.25) is 0 Å². The molecule has 0 saturated carbocycles. The average Bonchev–Trinajstić information content (AvgIpc) is 2.16. The van der Waals surface area contributed by atoms with Crippen LogP contribution in [0.5, 0.6) is 0 Å². The molecular weight excluding hydrogens is 266 g/mol. The Bertz CT molecular complexity index is 315. The van der Waals surface area contributed by atoms with E-state index < -0.39 is 11.2 Å². The first-order chi connectivity index (χ1) is 6.63. The largest absolute Gasteiger partial charge is 0.480 e. The lowest BCUT2D eigenvalue weighted by atomic mass is 10.3. The molecule has 1 atom stereocenters. The summed E-state index contributed by atoms with van der Waals surface area (Å²) in [6, 6.07) is 3.66. The van der Waals surface area contributed by atoms with E-state index in [0.29, 0.717) is 6.42 Å². The third-order valence-electron chi connectivity index (χ3n) is 1.61. The summed E-state index contributed by atoms with van der Waals surface area (Å²) < 4.78 is 0.894. The summed E-state index contributed by atoms with van der Waals surface area (Å²) in [5.74, 6) is -0.790. The zero-order valence-electron chi connectivity index (χ0n) is 7.61. The van der Waals surface area contributed by atoms with Crippen molar-refractivity contribution in [2.75, 3.05) is 0 Å². The van der Waals surface area contributed by atoms with Gasteiger partial charge in [0.25, 0.3) is 0 Å². The molecule has 0 bridgehead atoms. The molecule has 1 aromatic rings. The van der Waals surface area contributed by atoms with Crippen LogP contribution < -0.4 is 0 Å². The number of halogens is 1. The highest BCUT2D eigenvalue weighted by Crippen LogP contribution is 2.24. The van der Waals surface area contributed by atoms with Gasteiger partial charge in [-0.05, 0) is 34.5 Å². The van der Waals surface area contributed by atoms with Crippen molar-refractivity contribution in [2.45, 2.75) is 23.6 Å². The maximum Gasteiger partial charge on any atom is 0.317 e. The molecule has 5 heteroatoms. The number of hydrogen-bond acceptors (Lipinski definition) is 3. The van der Waals surface area contributed by atoms with Crippen LogP contribution in [0.3, 0.4) is 0 Å². The monoisotopic (exact) mass is 275 g/mol. The van der Waals surface area contributed by atoms with Crippen molar-refractivity contribution in [3.8, 4) is 0 Å². The van der Waals surface area contributed by atoms with Gasteiger partial charge >= 0.3 is 5.97 Å². The maximum absolute atomic E-state index is 10.7. The van der Waals surface area contributed by atoms with Gasteiger partial charge in [-0.2, -0.15) is 0 Å². The minimum atomic E-state index is -0.790. The quantitative estimate of drug-likeness (QED) is 0.859. The number of carbonyl (C=O) groups is 1. The van der Waals surface area contributed by atoms with Gasteiger partial charge in [0.05, 0.1) is 5.03 Å². The summed E-state index contributed by atoms with van der Waals surface area (Å²) in [4.78, 5) is 14.8. The van der Waals surface area contributed by atoms with E-state index in [1.165, 1.54) is 11.8 Å². The van der Waals surface area contributed by atoms with Gasteiger partial charge < -0.3 is 5.11 Å². The lowest BCUT2D eigenvalue weighted by molar-refractivity contribution is -0.136. The second-order valence-corrected chi connectivity index (χ2v) is 4.81. The molecule has 1 N–H and O–H groups in total. The number of hydrogen-bond donors (Lipinski definition) is 1. The Morgan fingerprint density at radius 1 is 1.71 bits per heavy atom. The van der Waals surface area contributed by atoms with E-state index in [9.17, 15) is 4.79 Å².